The molecule has 1 aliphatic heterocycles. The maximum Gasteiger partial charge on any atom is 0.238 e. The molecule has 2 rings (SSSR count). The van der Waals surface area contributed by atoms with E-state index in [1.807, 2.05) is 24.3 Å². The normalized spacial score (nSPS) is 22.4. The molecule has 1 saturated heterocycles. The predicted octanol–water partition coefficient (Wildman–Crippen LogP) is 2.48. The number of nitrogens with zero attached hydrogens (tertiary/aromatic N) is 1. The van der Waals surface area contributed by atoms with Crippen LogP contribution in [0.3, 0.4) is 0 Å². The van der Waals surface area contributed by atoms with Crippen molar-refractivity contribution in [2.75, 3.05) is 25.0 Å². The summed E-state index contributed by atoms with van der Waals surface area (Å²) in [6, 6.07) is 8.06. The average Bonchev–Trinajstić information content (AvgIpc) is 2.73. The summed E-state index contributed by atoms with van der Waals surface area (Å²) in [5.41, 5.74) is 6.51. The van der Waals surface area contributed by atoms with Gasteiger partial charge in [0.05, 0.1) is 12.2 Å². The summed E-state index contributed by atoms with van der Waals surface area (Å²) in [5, 5.41) is 2.93. The van der Waals surface area contributed by atoms with Gasteiger partial charge in [-0.3, -0.25) is 9.69 Å². The van der Waals surface area contributed by atoms with Crippen LogP contribution in [0, 0.1) is 5.92 Å². The summed E-state index contributed by atoms with van der Waals surface area (Å²) >= 11 is 3.43. The molecule has 1 aromatic carbocycles. The molecule has 0 saturated carbocycles. The van der Waals surface area contributed by atoms with Gasteiger partial charge in [-0.25, -0.2) is 0 Å². The molecule has 1 fully saturated rings. The van der Waals surface area contributed by atoms with Gasteiger partial charge in [0.2, 0.25) is 5.91 Å². The Morgan fingerprint density at radius 1 is 1.50 bits per heavy atom. The molecule has 2 atom stereocenters. The van der Waals surface area contributed by atoms with Gasteiger partial charge in [0.1, 0.15) is 0 Å². The lowest BCUT2D eigenvalue weighted by Crippen LogP contribution is -2.36. The molecule has 0 radical (unpaired) electrons. The monoisotopic (exact) mass is 361 g/mol. The zero-order valence-corrected chi connectivity index (χ0v) is 13.9. The molecule has 2 unspecified atom stereocenters. The molecule has 6 heteroatoms. The van der Waals surface area contributed by atoms with E-state index in [2.05, 4.69) is 33.1 Å². The van der Waals surface area contributed by atoms with E-state index in [1.165, 1.54) is 0 Å². The third-order valence-electron chi connectivity index (χ3n) is 3.62. The number of rotatable bonds is 4. The van der Waals surface area contributed by atoms with Crippen LogP contribution in [0.25, 0.3) is 0 Å². The second-order valence-corrected chi connectivity index (χ2v) is 6.00. The first-order valence-corrected chi connectivity index (χ1v) is 7.38. The number of hydrogen-bond acceptors (Lipinski definition) is 3. The zero-order chi connectivity index (χ0) is 13.8. The van der Waals surface area contributed by atoms with Crippen molar-refractivity contribution in [2.24, 2.45) is 11.7 Å². The number of amides is 1. The number of benzene rings is 1. The number of carbonyl (C=O) groups excluding carboxylic acids is 1. The van der Waals surface area contributed by atoms with Gasteiger partial charge >= 0.3 is 0 Å². The largest absolute Gasteiger partial charge is 0.330 e. The number of likely N-dealkylation sites (tertiary alicyclic amines) is 1. The SMILES string of the molecule is CC1CC(CN)CN1CC(=O)Nc1ccccc1Br.Cl. The fraction of sp³-hybridized carbons (Fsp3) is 0.500. The molecule has 0 aromatic heterocycles. The van der Waals surface area contributed by atoms with Gasteiger partial charge in [-0.1, -0.05) is 12.1 Å². The quantitative estimate of drug-likeness (QED) is 0.865. The van der Waals surface area contributed by atoms with Crippen molar-refractivity contribution in [1.29, 1.82) is 0 Å². The van der Waals surface area contributed by atoms with Gasteiger partial charge in [0, 0.05) is 17.1 Å². The van der Waals surface area contributed by atoms with Crippen LogP contribution in [0.4, 0.5) is 5.69 Å². The minimum atomic E-state index is 0. The topological polar surface area (TPSA) is 58.4 Å². The van der Waals surface area contributed by atoms with Gasteiger partial charge in [-0.15, -0.1) is 12.4 Å². The van der Waals surface area contributed by atoms with Crippen molar-refractivity contribution in [3.63, 3.8) is 0 Å². The molecule has 3 N–H and O–H groups in total. The minimum absolute atomic E-state index is 0. The first-order valence-electron chi connectivity index (χ1n) is 6.58. The number of anilines is 1. The highest BCUT2D eigenvalue weighted by molar-refractivity contribution is 9.10. The van der Waals surface area contributed by atoms with E-state index in [0.29, 0.717) is 25.0 Å². The molecule has 1 aromatic rings. The van der Waals surface area contributed by atoms with Crippen molar-refractivity contribution in [2.45, 2.75) is 19.4 Å². The van der Waals surface area contributed by atoms with Crippen LogP contribution in [0.2, 0.25) is 0 Å². The van der Waals surface area contributed by atoms with Crippen LogP contribution < -0.4 is 11.1 Å². The highest BCUT2D eigenvalue weighted by atomic mass is 79.9. The molecular weight excluding hydrogens is 342 g/mol. The van der Waals surface area contributed by atoms with E-state index >= 15 is 0 Å². The smallest absolute Gasteiger partial charge is 0.238 e. The number of hydrogen-bond donors (Lipinski definition) is 2. The van der Waals surface area contributed by atoms with Gasteiger partial charge < -0.3 is 11.1 Å². The third kappa shape index (κ3) is 4.45. The third-order valence-corrected chi connectivity index (χ3v) is 4.31. The second kappa shape index (κ2) is 7.98. The summed E-state index contributed by atoms with van der Waals surface area (Å²) in [6.45, 7) is 4.20. The Bertz CT molecular complexity index is 458. The van der Waals surface area contributed by atoms with E-state index < -0.39 is 0 Å². The average molecular weight is 363 g/mol. The fourth-order valence-corrected chi connectivity index (χ4v) is 2.93. The van der Waals surface area contributed by atoms with Gasteiger partial charge in [-0.05, 0) is 53.9 Å². The predicted molar refractivity (Wildman–Crippen MR) is 88.2 cm³/mol. The molecule has 1 aliphatic rings. The van der Waals surface area contributed by atoms with E-state index in [9.17, 15) is 4.79 Å². The fourth-order valence-electron chi connectivity index (χ4n) is 2.55. The molecule has 20 heavy (non-hydrogen) atoms. The number of para-hydroxylation sites is 1. The Labute approximate surface area is 134 Å². The lowest BCUT2D eigenvalue weighted by molar-refractivity contribution is -0.117. The van der Waals surface area contributed by atoms with Crippen LogP contribution in [-0.4, -0.2) is 36.5 Å². The second-order valence-electron chi connectivity index (χ2n) is 5.14. The lowest BCUT2D eigenvalue weighted by atomic mass is 10.1. The van der Waals surface area contributed by atoms with Crippen molar-refractivity contribution in [1.82, 2.24) is 4.90 Å². The van der Waals surface area contributed by atoms with Gasteiger partial charge in [0.15, 0.2) is 0 Å². The maximum absolute atomic E-state index is 12.1. The lowest BCUT2D eigenvalue weighted by Gasteiger charge is -2.20. The van der Waals surface area contributed by atoms with Crippen molar-refractivity contribution in [3.8, 4) is 0 Å². The first-order chi connectivity index (χ1) is 9.10. The molecule has 1 heterocycles. The van der Waals surface area contributed by atoms with E-state index in [4.69, 9.17) is 5.73 Å². The van der Waals surface area contributed by atoms with E-state index in [0.717, 1.165) is 23.1 Å². The van der Waals surface area contributed by atoms with E-state index in [-0.39, 0.29) is 18.3 Å². The Hall–Kier alpha value is -0.620. The standard InChI is InChI=1S/C14H20BrN3O.ClH/c1-10-6-11(7-16)8-18(10)9-14(19)17-13-5-3-2-4-12(13)15;/h2-5,10-11H,6-9,16H2,1H3,(H,17,19);1H. The summed E-state index contributed by atoms with van der Waals surface area (Å²) in [4.78, 5) is 14.3. The van der Waals surface area contributed by atoms with Crippen LogP contribution in [0.1, 0.15) is 13.3 Å². The number of nitrogens with one attached hydrogen (secondary N) is 1. The van der Waals surface area contributed by atoms with E-state index in [1.54, 1.807) is 0 Å². The van der Waals surface area contributed by atoms with Crippen LogP contribution >= 0.6 is 28.3 Å². The molecule has 0 spiro atoms. The van der Waals surface area contributed by atoms with Crippen LogP contribution in [0.5, 0.6) is 0 Å². The molecule has 112 valence electrons. The Balaban J connectivity index is 0.00000200. The number of carbonyl (C=O) groups is 1. The first kappa shape index (κ1) is 17.4. The van der Waals surface area contributed by atoms with Crippen molar-refractivity contribution in [3.05, 3.63) is 28.7 Å². The highest BCUT2D eigenvalue weighted by Crippen LogP contribution is 2.23. The Morgan fingerprint density at radius 3 is 2.80 bits per heavy atom. The molecular formula is C14H21BrClN3O. The molecule has 0 bridgehead atoms. The number of nitrogens with two attached hydrogens (primary N) is 1. The van der Waals surface area contributed by atoms with Crippen molar-refractivity contribution >= 4 is 39.9 Å². The summed E-state index contributed by atoms with van der Waals surface area (Å²) in [7, 11) is 0. The summed E-state index contributed by atoms with van der Waals surface area (Å²) in [5.74, 6) is 0.544. The molecule has 0 aliphatic carbocycles. The zero-order valence-electron chi connectivity index (χ0n) is 11.5. The summed E-state index contributed by atoms with van der Waals surface area (Å²) in [6.07, 6.45) is 1.08. The van der Waals surface area contributed by atoms with Gasteiger partial charge in [0.25, 0.3) is 0 Å². The molecule has 1 amide bonds. The number of halogens is 2. The Kier molecular flexibility index (Phi) is 6.95. The van der Waals surface area contributed by atoms with Crippen LogP contribution in [0.15, 0.2) is 28.7 Å². The van der Waals surface area contributed by atoms with Crippen molar-refractivity contribution < 1.29 is 4.79 Å². The minimum Gasteiger partial charge on any atom is -0.330 e. The van der Waals surface area contributed by atoms with Crippen LogP contribution in [-0.2, 0) is 4.79 Å². The summed E-state index contributed by atoms with van der Waals surface area (Å²) < 4.78 is 0.901. The Morgan fingerprint density at radius 2 is 2.20 bits per heavy atom. The highest BCUT2D eigenvalue weighted by Gasteiger charge is 2.29. The van der Waals surface area contributed by atoms with Gasteiger partial charge in [-0.2, -0.15) is 0 Å². The molecule has 4 nitrogen and oxygen atoms in total. The maximum atomic E-state index is 12.1.